The maximum Gasteiger partial charge on any atom is 0.573 e. The molecule has 0 atom stereocenters. The van der Waals surface area contributed by atoms with Gasteiger partial charge in [0.1, 0.15) is 11.5 Å². The van der Waals surface area contributed by atoms with E-state index >= 15 is 0 Å². The molecule has 2 rings (SSSR count). The van der Waals surface area contributed by atoms with Gasteiger partial charge in [0.05, 0.1) is 10.7 Å². The maximum absolute atomic E-state index is 12.0. The summed E-state index contributed by atoms with van der Waals surface area (Å²) < 4.78 is 39.8. The van der Waals surface area contributed by atoms with Gasteiger partial charge in [0.2, 0.25) is 0 Å². The number of amides is 2. The second-order valence-electron chi connectivity index (χ2n) is 4.32. The van der Waals surface area contributed by atoms with Crippen LogP contribution in [0.3, 0.4) is 0 Å². The number of alkyl halides is 3. The average molecular weight is 347 g/mol. The van der Waals surface area contributed by atoms with Crippen LogP contribution in [0.2, 0.25) is 5.02 Å². The van der Waals surface area contributed by atoms with Gasteiger partial charge in [-0.05, 0) is 36.4 Å². The summed E-state index contributed by atoms with van der Waals surface area (Å²) in [5.41, 5.74) is 0.519. The van der Waals surface area contributed by atoms with Crippen LogP contribution in [0.25, 0.3) is 0 Å². The van der Waals surface area contributed by atoms with Crippen molar-refractivity contribution < 1.29 is 27.8 Å². The number of nitrogens with one attached hydrogen (secondary N) is 2. The summed E-state index contributed by atoms with van der Waals surface area (Å²) >= 11 is 5.83. The van der Waals surface area contributed by atoms with Gasteiger partial charge in [-0.15, -0.1) is 13.2 Å². The lowest BCUT2D eigenvalue weighted by atomic mass is 10.3. The minimum Gasteiger partial charge on any atom is -0.508 e. The molecule has 0 radical (unpaired) electrons. The highest BCUT2D eigenvalue weighted by molar-refractivity contribution is 6.34. The van der Waals surface area contributed by atoms with E-state index < -0.39 is 18.1 Å². The van der Waals surface area contributed by atoms with Gasteiger partial charge in [0.15, 0.2) is 0 Å². The predicted octanol–water partition coefficient (Wildman–Crippen LogP) is 4.59. The number of anilines is 2. The number of urea groups is 1. The summed E-state index contributed by atoms with van der Waals surface area (Å²) in [7, 11) is 0. The highest BCUT2D eigenvalue weighted by Gasteiger charge is 2.30. The number of ether oxygens (including phenoxy) is 1. The van der Waals surface area contributed by atoms with Gasteiger partial charge < -0.3 is 20.5 Å². The number of phenols is 1. The van der Waals surface area contributed by atoms with E-state index in [-0.39, 0.29) is 22.1 Å². The van der Waals surface area contributed by atoms with Gasteiger partial charge in [0, 0.05) is 11.8 Å². The molecule has 23 heavy (non-hydrogen) atoms. The van der Waals surface area contributed by atoms with Crippen LogP contribution in [0, 0.1) is 0 Å². The third kappa shape index (κ3) is 5.26. The minimum atomic E-state index is -4.78. The second-order valence-corrected chi connectivity index (χ2v) is 4.72. The molecule has 0 unspecified atom stereocenters. The first kappa shape index (κ1) is 16.8. The molecule has 0 aliphatic heterocycles. The van der Waals surface area contributed by atoms with Crippen molar-refractivity contribution in [1.82, 2.24) is 0 Å². The monoisotopic (exact) mass is 346 g/mol. The van der Waals surface area contributed by atoms with Crippen molar-refractivity contribution in [1.29, 1.82) is 0 Å². The molecule has 0 spiro atoms. The molecule has 2 amide bonds. The van der Waals surface area contributed by atoms with E-state index in [0.717, 1.165) is 12.1 Å². The molecule has 0 aliphatic carbocycles. The van der Waals surface area contributed by atoms with Crippen LogP contribution in [0.15, 0.2) is 42.5 Å². The molecule has 0 aliphatic rings. The zero-order valence-corrected chi connectivity index (χ0v) is 12.1. The zero-order chi connectivity index (χ0) is 17.0. The van der Waals surface area contributed by atoms with Gasteiger partial charge in [-0.1, -0.05) is 11.6 Å². The van der Waals surface area contributed by atoms with Crippen LogP contribution in [0.4, 0.5) is 29.3 Å². The second kappa shape index (κ2) is 6.66. The Balaban J connectivity index is 1.97. The topological polar surface area (TPSA) is 70.6 Å². The Labute approximate surface area is 133 Å². The quantitative estimate of drug-likeness (QED) is 0.712. The molecule has 9 heteroatoms. The molecule has 3 N–H and O–H groups in total. The van der Waals surface area contributed by atoms with Gasteiger partial charge in [-0.3, -0.25) is 0 Å². The van der Waals surface area contributed by atoms with Crippen LogP contribution in [0.5, 0.6) is 11.5 Å². The van der Waals surface area contributed by atoms with Crippen molar-refractivity contribution in [3.8, 4) is 11.5 Å². The van der Waals surface area contributed by atoms with Gasteiger partial charge in [-0.2, -0.15) is 0 Å². The molecular weight excluding hydrogens is 337 g/mol. The zero-order valence-electron chi connectivity index (χ0n) is 11.3. The van der Waals surface area contributed by atoms with Gasteiger partial charge in [0.25, 0.3) is 0 Å². The Morgan fingerprint density at radius 3 is 2.30 bits per heavy atom. The van der Waals surface area contributed by atoms with E-state index in [0.29, 0.717) is 0 Å². The molecule has 0 heterocycles. The summed E-state index contributed by atoms with van der Waals surface area (Å²) in [6, 6.07) is 7.97. The fraction of sp³-hybridized carbons (Fsp3) is 0.0714. The van der Waals surface area contributed by atoms with E-state index in [1.54, 1.807) is 0 Å². The molecule has 0 aromatic heterocycles. The normalized spacial score (nSPS) is 11.0. The molecule has 2 aromatic rings. The molecular formula is C14H10ClF3N2O3. The highest BCUT2D eigenvalue weighted by Crippen LogP contribution is 2.26. The van der Waals surface area contributed by atoms with Crippen LogP contribution >= 0.6 is 11.6 Å². The van der Waals surface area contributed by atoms with Crippen molar-refractivity contribution in [2.75, 3.05) is 10.6 Å². The van der Waals surface area contributed by atoms with E-state index in [1.165, 1.54) is 30.3 Å². The summed E-state index contributed by atoms with van der Waals surface area (Å²) in [4.78, 5) is 11.8. The lowest BCUT2D eigenvalue weighted by molar-refractivity contribution is -0.274. The molecule has 5 nitrogen and oxygen atoms in total. The molecule has 0 bridgehead atoms. The number of phenolic OH excluding ortho intramolecular Hbond substituents is 1. The Bertz CT molecular complexity index is 705. The minimum absolute atomic E-state index is 0.0544. The number of benzene rings is 2. The molecule has 0 fully saturated rings. The SMILES string of the molecule is O=C(Nc1ccc(OC(F)(F)F)cc1)Nc1ccc(O)cc1Cl. The van der Waals surface area contributed by atoms with Crippen molar-refractivity contribution in [2.24, 2.45) is 0 Å². The summed E-state index contributed by atoms with van der Waals surface area (Å²) in [5, 5.41) is 14.2. The Kier molecular flexibility index (Phi) is 4.85. The summed E-state index contributed by atoms with van der Waals surface area (Å²) in [5.74, 6) is -0.453. The smallest absolute Gasteiger partial charge is 0.508 e. The number of rotatable bonds is 3. The Morgan fingerprint density at radius 1 is 1.09 bits per heavy atom. The Hall–Kier alpha value is -2.61. The fourth-order valence-electron chi connectivity index (χ4n) is 1.63. The standard InChI is InChI=1S/C14H10ClF3N2O3/c15-11-7-9(21)3-6-12(11)20-13(22)19-8-1-4-10(5-2-8)23-14(16,17)18/h1-7,21H,(H2,19,20,22). The van der Waals surface area contributed by atoms with Crippen LogP contribution < -0.4 is 15.4 Å². The maximum atomic E-state index is 12.0. The average Bonchev–Trinajstić information content (AvgIpc) is 2.42. The fourth-order valence-corrected chi connectivity index (χ4v) is 1.85. The first-order valence-corrected chi connectivity index (χ1v) is 6.53. The van der Waals surface area contributed by atoms with Crippen molar-refractivity contribution in [3.63, 3.8) is 0 Å². The number of halogens is 4. The first-order chi connectivity index (χ1) is 10.7. The van der Waals surface area contributed by atoms with E-state index in [2.05, 4.69) is 15.4 Å². The summed E-state index contributed by atoms with van der Waals surface area (Å²) in [6.45, 7) is 0. The number of carbonyl (C=O) groups is 1. The third-order valence-electron chi connectivity index (χ3n) is 2.55. The van der Waals surface area contributed by atoms with Gasteiger partial charge >= 0.3 is 12.4 Å². The summed E-state index contributed by atoms with van der Waals surface area (Å²) in [6.07, 6.45) is -4.78. The van der Waals surface area contributed by atoms with Crippen molar-refractivity contribution >= 4 is 29.0 Å². The lowest BCUT2D eigenvalue weighted by Crippen LogP contribution is -2.20. The number of hydrogen-bond acceptors (Lipinski definition) is 3. The predicted molar refractivity (Wildman–Crippen MR) is 78.9 cm³/mol. The molecule has 122 valence electrons. The highest BCUT2D eigenvalue weighted by atomic mass is 35.5. The number of carbonyl (C=O) groups excluding carboxylic acids is 1. The molecule has 0 saturated heterocycles. The van der Waals surface area contributed by atoms with E-state index in [4.69, 9.17) is 11.6 Å². The van der Waals surface area contributed by atoms with E-state index in [9.17, 15) is 23.1 Å². The van der Waals surface area contributed by atoms with Crippen LogP contribution in [-0.2, 0) is 0 Å². The number of hydrogen-bond donors (Lipinski definition) is 3. The van der Waals surface area contributed by atoms with Crippen molar-refractivity contribution in [3.05, 3.63) is 47.5 Å². The van der Waals surface area contributed by atoms with E-state index in [1.807, 2.05) is 0 Å². The van der Waals surface area contributed by atoms with Crippen LogP contribution in [-0.4, -0.2) is 17.5 Å². The lowest BCUT2D eigenvalue weighted by Gasteiger charge is -2.11. The largest absolute Gasteiger partial charge is 0.573 e. The Morgan fingerprint density at radius 2 is 1.74 bits per heavy atom. The third-order valence-corrected chi connectivity index (χ3v) is 2.86. The van der Waals surface area contributed by atoms with Crippen LogP contribution in [0.1, 0.15) is 0 Å². The van der Waals surface area contributed by atoms with Gasteiger partial charge in [-0.25, -0.2) is 4.79 Å². The van der Waals surface area contributed by atoms with Crippen molar-refractivity contribution in [2.45, 2.75) is 6.36 Å². The first-order valence-electron chi connectivity index (χ1n) is 6.15. The molecule has 0 saturated carbocycles. The number of aromatic hydroxyl groups is 1. The molecule has 2 aromatic carbocycles.